The fourth-order valence-electron chi connectivity index (χ4n) is 2.77. The van der Waals surface area contributed by atoms with Crippen molar-refractivity contribution >= 4 is 27.4 Å². The predicted octanol–water partition coefficient (Wildman–Crippen LogP) is 2.78. The molecule has 0 aromatic heterocycles. The molecule has 3 N–H and O–H groups in total. The normalized spacial score (nSPS) is 17.0. The Balaban J connectivity index is 1.81. The molecule has 1 saturated heterocycles. The van der Waals surface area contributed by atoms with Gasteiger partial charge in [0.15, 0.2) is 0 Å². The Kier molecular flexibility index (Phi) is 5.43. The highest BCUT2D eigenvalue weighted by molar-refractivity contribution is 7.92. The molecule has 1 heterocycles. The fraction of sp³-hybridized carbons (Fsp3) is 0.278. The zero-order valence-electron chi connectivity index (χ0n) is 14.0. The van der Waals surface area contributed by atoms with E-state index >= 15 is 0 Å². The molecule has 2 aromatic rings. The van der Waals surface area contributed by atoms with Gasteiger partial charge in [0, 0.05) is 24.5 Å². The van der Waals surface area contributed by atoms with Crippen LogP contribution in [0.1, 0.15) is 23.2 Å². The smallest absolute Gasteiger partial charge is 0.337 e. The van der Waals surface area contributed by atoms with Gasteiger partial charge in [-0.05, 0) is 43.2 Å². The molecule has 138 valence electrons. The summed E-state index contributed by atoms with van der Waals surface area (Å²) < 4.78 is 33.0. The maximum absolute atomic E-state index is 12.5. The van der Waals surface area contributed by atoms with Gasteiger partial charge < -0.3 is 15.2 Å². The highest BCUT2D eigenvalue weighted by atomic mass is 32.2. The van der Waals surface area contributed by atoms with Crippen LogP contribution in [-0.2, 0) is 14.8 Å². The van der Waals surface area contributed by atoms with Gasteiger partial charge in [-0.15, -0.1) is 0 Å². The van der Waals surface area contributed by atoms with Crippen LogP contribution in [0.3, 0.4) is 0 Å². The summed E-state index contributed by atoms with van der Waals surface area (Å²) in [4.78, 5) is 11.5. The number of sulfonamides is 1. The van der Waals surface area contributed by atoms with Crippen molar-refractivity contribution in [3.05, 3.63) is 54.1 Å². The van der Waals surface area contributed by atoms with E-state index in [0.717, 1.165) is 18.9 Å². The first-order valence-electron chi connectivity index (χ1n) is 8.26. The third-order valence-corrected chi connectivity index (χ3v) is 5.48. The summed E-state index contributed by atoms with van der Waals surface area (Å²) in [5.41, 5.74) is 0.676. The van der Waals surface area contributed by atoms with Gasteiger partial charge in [0.05, 0.1) is 16.6 Å². The van der Waals surface area contributed by atoms with E-state index in [9.17, 15) is 18.3 Å². The van der Waals surface area contributed by atoms with Crippen LogP contribution in [0.25, 0.3) is 0 Å². The third kappa shape index (κ3) is 4.33. The Bertz CT molecular complexity index is 878. The molecule has 0 amide bonds. The minimum absolute atomic E-state index is 0.0415. The van der Waals surface area contributed by atoms with Crippen molar-refractivity contribution in [3.63, 3.8) is 0 Å². The Morgan fingerprint density at radius 2 is 1.96 bits per heavy atom. The fourth-order valence-corrected chi connectivity index (χ4v) is 3.86. The first-order chi connectivity index (χ1) is 12.5. The minimum Gasteiger partial charge on any atom is -0.478 e. The number of aromatic carboxylic acids is 1. The third-order valence-electron chi connectivity index (χ3n) is 4.10. The Labute approximate surface area is 152 Å². The first kappa shape index (κ1) is 18.2. The molecule has 1 atom stereocenters. The number of anilines is 2. The highest BCUT2D eigenvalue weighted by Gasteiger charge is 2.21. The zero-order chi connectivity index (χ0) is 18.6. The number of carbonyl (C=O) groups is 1. The topological polar surface area (TPSA) is 105 Å². The van der Waals surface area contributed by atoms with Crippen molar-refractivity contribution < 1.29 is 23.1 Å². The van der Waals surface area contributed by atoms with E-state index in [1.54, 1.807) is 30.3 Å². The Morgan fingerprint density at radius 1 is 1.19 bits per heavy atom. The highest BCUT2D eigenvalue weighted by Crippen LogP contribution is 2.23. The van der Waals surface area contributed by atoms with Gasteiger partial charge in [-0.25, -0.2) is 13.2 Å². The van der Waals surface area contributed by atoms with Gasteiger partial charge >= 0.3 is 5.97 Å². The molecule has 7 nitrogen and oxygen atoms in total. The molecule has 8 heteroatoms. The van der Waals surface area contributed by atoms with Crippen molar-refractivity contribution in [2.45, 2.75) is 23.8 Å². The average molecular weight is 376 g/mol. The molecule has 0 spiro atoms. The lowest BCUT2D eigenvalue weighted by molar-refractivity contribution is 0.0697. The molecular formula is C18H20N2O5S. The monoisotopic (exact) mass is 376 g/mol. The van der Waals surface area contributed by atoms with Crippen LogP contribution < -0.4 is 10.0 Å². The molecular weight excluding hydrogens is 356 g/mol. The average Bonchev–Trinajstić information content (AvgIpc) is 3.13. The van der Waals surface area contributed by atoms with Crippen LogP contribution in [0, 0.1) is 0 Å². The zero-order valence-corrected chi connectivity index (χ0v) is 14.8. The van der Waals surface area contributed by atoms with Gasteiger partial charge in [0.2, 0.25) is 0 Å². The number of ether oxygens (including phenoxy) is 1. The van der Waals surface area contributed by atoms with Crippen LogP contribution in [0.15, 0.2) is 53.4 Å². The number of carboxylic acids is 1. The van der Waals surface area contributed by atoms with E-state index in [4.69, 9.17) is 4.74 Å². The molecule has 2 aromatic carbocycles. The van der Waals surface area contributed by atoms with Crippen molar-refractivity contribution in [2.24, 2.45) is 0 Å². The van der Waals surface area contributed by atoms with Crippen LogP contribution >= 0.6 is 0 Å². The molecule has 0 saturated carbocycles. The number of benzene rings is 2. The number of hydrogen-bond acceptors (Lipinski definition) is 5. The lowest BCUT2D eigenvalue weighted by Crippen LogP contribution is -2.20. The number of carboxylic acid groups (broad SMARTS) is 1. The van der Waals surface area contributed by atoms with Crippen molar-refractivity contribution in [1.82, 2.24) is 0 Å². The summed E-state index contributed by atoms with van der Waals surface area (Å²) in [6.07, 6.45) is 1.95. The summed E-state index contributed by atoms with van der Waals surface area (Å²) in [6, 6.07) is 12.4. The van der Waals surface area contributed by atoms with Gasteiger partial charge in [0.1, 0.15) is 0 Å². The molecule has 0 radical (unpaired) electrons. The van der Waals surface area contributed by atoms with E-state index in [-0.39, 0.29) is 16.6 Å². The Hall–Kier alpha value is -2.58. The van der Waals surface area contributed by atoms with Crippen molar-refractivity contribution in [2.75, 3.05) is 23.2 Å². The van der Waals surface area contributed by atoms with Crippen LogP contribution in [0.2, 0.25) is 0 Å². The molecule has 26 heavy (non-hydrogen) atoms. The molecule has 1 aliphatic heterocycles. The first-order valence-corrected chi connectivity index (χ1v) is 9.75. The Morgan fingerprint density at radius 3 is 2.62 bits per heavy atom. The molecule has 0 aliphatic carbocycles. The van der Waals surface area contributed by atoms with E-state index in [1.165, 1.54) is 12.1 Å². The number of rotatable bonds is 7. The summed E-state index contributed by atoms with van der Waals surface area (Å²) in [6.45, 7) is 1.19. The molecule has 3 rings (SSSR count). The summed E-state index contributed by atoms with van der Waals surface area (Å²) >= 11 is 0. The molecule has 0 bridgehead atoms. The number of para-hydroxylation sites is 1. The second-order valence-corrected chi connectivity index (χ2v) is 7.68. The van der Waals surface area contributed by atoms with E-state index in [2.05, 4.69) is 10.0 Å². The van der Waals surface area contributed by atoms with Gasteiger partial charge in [-0.3, -0.25) is 4.72 Å². The van der Waals surface area contributed by atoms with Gasteiger partial charge in [-0.2, -0.15) is 0 Å². The van der Waals surface area contributed by atoms with Crippen LogP contribution in [-0.4, -0.2) is 38.7 Å². The summed E-state index contributed by atoms with van der Waals surface area (Å²) in [7, 11) is -3.88. The van der Waals surface area contributed by atoms with Crippen LogP contribution in [0.5, 0.6) is 0 Å². The summed E-state index contributed by atoms with van der Waals surface area (Å²) in [5.74, 6) is -1.20. The quantitative estimate of drug-likeness (QED) is 0.686. The van der Waals surface area contributed by atoms with E-state index in [1.807, 2.05) is 0 Å². The number of hydrogen-bond donors (Lipinski definition) is 3. The second kappa shape index (κ2) is 7.76. The second-order valence-electron chi connectivity index (χ2n) is 6.00. The van der Waals surface area contributed by atoms with E-state index < -0.39 is 16.0 Å². The maximum Gasteiger partial charge on any atom is 0.337 e. The molecule has 1 fully saturated rings. The largest absolute Gasteiger partial charge is 0.478 e. The minimum atomic E-state index is -3.88. The lowest BCUT2D eigenvalue weighted by atomic mass is 10.1. The molecule has 1 unspecified atom stereocenters. The summed E-state index contributed by atoms with van der Waals surface area (Å²) in [5, 5.41) is 12.5. The van der Waals surface area contributed by atoms with Gasteiger partial charge in [0.25, 0.3) is 10.0 Å². The maximum atomic E-state index is 12.5. The lowest BCUT2D eigenvalue weighted by Gasteiger charge is -2.15. The predicted molar refractivity (Wildman–Crippen MR) is 98.1 cm³/mol. The van der Waals surface area contributed by atoms with E-state index in [0.29, 0.717) is 24.5 Å². The van der Waals surface area contributed by atoms with Crippen LogP contribution in [0.4, 0.5) is 11.4 Å². The number of nitrogens with one attached hydrogen (secondary N) is 2. The molecule has 1 aliphatic rings. The SMILES string of the molecule is O=C(O)c1cc(S(=O)(=O)Nc2ccccc2)ccc1NCC1CCCO1. The standard InChI is InChI=1S/C18H20N2O5S/c21-18(22)16-11-15(26(23,24)20-13-5-2-1-3-6-13)8-9-17(16)19-12-14-7-4-10-25-14/h1-3,5-6,8-9,11,14,19-20H,4,7,10,12H2,(H,21,22). The van der Waals surface area contributed by atoms with Gasteiger partial charge in [-0.1, -0.05) is 18.2 Å². The van der Waals surface area contributed by atoms with Crippen molar-refractivity contribution in [1.29, 1.82) is 0 Å². The van der Waals surface area contributed by atoms with Crippen molar-refractivity contribution in [3.8, 4) is 0 Å².